The lowest BCUT2D eigenvalue weighted by Gasteiger charge is -2.29. The van der Waals surface area contributed by atoms with Gasteiger partial charge in [0.05, 0.1) is 6.04 Å². The van der Waals surface area contributed by atoms with Crippen LogP contribution in [-0.4, -0.2) is 35.5 Å². The van der Waals surface area contributed by atoms with E-state index < -0.39 is 17.7 Å². The van der Waals surface area contributed by atoms with Crippen LogP contribution in [0.25, 0.3) is 0 Å². The van der Waals surface area contributed by atoms with Gasteiger partial charge in [-0.1, -0.05) is 30.3 Å². The zero-order chi connectivity index (χ0) is 15.3. The standard InChI is InChI=1S/C16H23NO3/c1-12(18)14(11-13-9-7-6-8-10-13)17(5)15(19)20-16(2,3)4/h6-10,14H,11H2,1-5H3/t14-/m1/s1. The molecular formula is C16H23NO3. The van der Waals surface area contributed by atoms with Gasteiger partial charge in [0.2, 0.25) is 0 Å². The van der Waals surface area contributed by atoms with Crippen LogP contribution in [0.4, 0.5) is 4.79 Å². The molecule has 0 saturated carbocycles. The van der Waals surface area contributed by atoms with Crippen molar-refractivity contribution >= 4 is 11.9 Å². The fourth-order valence-electron chi connectivity index (χ4n) is 1.85. The highest BCUT2D eigenvalue weighted by molar-refractivity contribution is 5.85. The van der Waals surface area contributed by atoms with Crippen molar-refractivity contribution in [2.45, 2.75) is 45.8 Å². The molecule has 1 aromatic carbocycles. The summed E-state index contributed by atoms with van der Waals surface area (Å²) in [6, 6.07) is 9.13. The number of carbonyl (C=O) groups excluding carboxylic acids is 2. The fraction of sp³-hybridized carbons (Fsp3) is 0.500. The van der Waals surface area contributed by atoms with E-state index in [2.05, 4.69) is 0 Å². The minimum absolute atomic E-state index is 0.0535. The van der Waals surface area contributed by atoms with E-state index >= 15 is 0 Å². The molecule has 1 aromatic rings. The Hall–Kier alpha value is -1.84. The van der Waals surface area contributed by atoms with Crippen LogP contribution in [0.15, 0.2) is 30.3 Å². The molecule has 0 N–H and O–H groups in total. The lowest BCUT2D eigenvalue weighted by atomic mass is 10.0. The molecule has 20 heavy (non-hydrogen) atoms. The number of rotatable bonds is 4. The molecule has 0 fully saturated rings. The summed E-state index contributed by atoms with van der Waals surface area (Å²) in [4.78, 5) is 25.2. The minimum Gasteiger partial charge on any atom is -0.444 e. The van der Waals surface area contributed by atoms with E-state index in [1.165, 1.54) is 11.8 Å². The summed E-state index contributed by atoms with van der Waals surface area (Å²) in [5, 5.41) is 0. The highest BCUT2D eigenvalue weighted by Gasteiger charge is 2.28. The van der Waals surface area contributed by atoms with Gasteiger partial charge in [-0.05, 0) is 33.3 Å². The predicted molar refractivity (Wildman–Crippen MR) is 78.6 cm³/mol. The van der Waals surface area contributed by atoms with Crippen LogP contribution in [0.3, 0.4) is 0 Å². The SMILES string of the molecule is CC(=O)[C@@H](Cc1ccccc1)N(C)C(=O)OC(C)(C)C. The van der Waals surface area contributed by atoms with Crippen LogP contribution in [0.5, 0.6) is 0 Å². The van der Waals surface area contributed by atoms with E-state index in [-0.39, 0.29) is 5.78 Å². The molecular weight excluding hydrogens is 254 g/mol. The average Bonchev–Trinajstić information content (AvgIpc) is 2.34. The maximum absolute atomic E-state index is 12.0. The van der Waals surface area contributed by atoms with Crippen molar-refractivity contribution in [3.63, 3.8) is 0 Å². The van der Waals surface area contributed by atoms with Gasteiger partial charge in [-0.15, -0.1) is 0 Å². The van der Waals surface area contributed by atoms with E-state index in [9.17, 15) is 9.59 Å². The number of hydrogen-bond donors (Lipinski definition) is 0. The Morgan fingerprint density at radius 1 is 1.20 bits per heavy atom. The van der Waals surface area contributed by atoms with Crippen LogP contribution in [0.1, 0.15) is 33.3 Å². The van der Waals surface area contributed by atoms with Crippen LogP contribution >= 0.6 is 0 Å². The van der Waals surface area contributed by atoms with E-state index in [0.717, 1.165) is 5.56 Å². The topological polar surface area (TPSA) is 46.6 Å². The van der Waals surface area contributed by atoms with Crippen molar-refractivity contribution < 1.29 is 14.3 Å². The molecule has 0 saturated heterocycles. The maximum atomic E-state index is 12.0. The molecule has 4 nitrogen and oxygen atoms in total. The van der Waals surface area contributed by atoms with Gasteiger partial charge >= 0.3 is 6.09 Å². The van der Waals surface area contributed by atoms with Crippen molar-refractivity contribution in [2.75, 3.05) is 7.05 Å². The quantitative estimate of drug-likeness (QED) is 0.849. The Morgan fingerprint density at radius 2 is 1.75 bits per heavy atom. The molecule has 0 aliphatic heterocycles. The Balaban J connectivity index is 2.81. The van der Waals surface area contributed by atoms with Gasteiger partial charge in [0.1, 0.15) is 5.60 Å². The molecule has 1 rings (SSSR count). The van der Waals surface area contributed by atoms with Crippen molar-refractivity contribution in [1.82, 2.24) is 4.90 Å². The fourth-order valence-corrected chi connectivity index (χ4v) is 1.85. The highest BCUT2D eigenvalue weighted by atomic mass is 16.6. The summed E-state index contributed by atoms with van der Waals surface area (Å²) >= 11 is 0. The molecule has 0 spiro atoms. The molecule has 1 atom stereocenters. The molecule has 110 valence electrons. The number of ketones is 1. The Labute approximate surface area is 120 Å². The molecule has 0 unspecified atom stereocenters. The third kappa shape index (κ3) is 5.03. The van der Waals surface area contributed by atoms with Gasteiger partial charge in [0.25, 0.3) is 0 Å². The second-order valence-electron chi connectivity index (χ2n) is 5.91. The van der Waals surface area contributed by atoms with Crippen LogP contribution in [0, 0.1) is 0 Å². The van der Waals surface area contributed by atoms with Gasteiger partial charge in [-0.3, -0.25) is 4.79 Å². The van der Waals surface area contributed by atoms with E-state index in [1.807, 2.05) is 30.3 Å². The summed E-state index contributed by atoms with van der Waals surface area (Å²) in [5.41, 5.74) is 0.447. The van der Waals surface area contributed by atoms with Gasteiger partial charge in [0.15, 0.2) is 5.78 Å². The Morgan fingerprint density at radius 3 is 2.20 bits per heavy atom. The normalized spacial score (nSPS) is 12.7. The molecule has 1 amide bonds. The number of nitrogens with zero attached hydrogens (tertiary/aromatic N) is 1. The number of Topliss-reactive ketones (excluding diaryl/α,β-unsaturated/α-hetero) is 1. The molecule has 0 aliphatic carbocycles. The molecule has 0 bridgehead atoms. The summed E-state index contributed by atoms with van der Waals surface area (Å²) in [5.74, 6) is -0.0535. The Bertz CT molecular complexity index is 462. The monoisotopic (exact) mass is 277 g/mol. The smallest absolute Gasteiger partial charge is 0.410 e. The second kappa shape index (κ2) is 6.55. The second-order valence-corrected chi connectivity index (χ2v) is 5.91. The number of hydrogen-bond acceptors (Lipinski definition) is 3. The van der Waals surface area contributed by atoms with Crippen molar-refractivity contribution in [3.05, 3.63) is 35.9 Å². The maximum Gasteiger partial charge on any atom is 0.410 e. The van der Waals surface area contributed by atoms with Crippen molar-refractivity contribution in [3.8, 4) is 0 Å². The molecule has 0 radical (unpaired) electrons. The van der Waals surface area contributed by atoms with E-state index in [0.29, 0.717) is 6.42 Å². The summed E-state index contributed by atoms with van der Waals surface area (Å²) in [7, 11) is 1.60. The number of likely N-dealkylation sites (N-methyl/N-ethyl adjacent to an activating group) is 1. The lowest BCUT2D eigenvalue weighted by molar-refractivity contribution is -0.121. The van der Waals surface area contributed by atoms with Crippen molar-refractivity contribution in [2.24, 2.45) is 0 Å². The highest BCUT2D eigenvalue weighted by Crippen LogP contribution is 2.14. The van der Waals surface area contributed by atoms with Crippen LogP contribution in [-0.2, 0) is 16.0 Å². The van der Waals surface area contributed by atoms with Gasteiger partial charge in [0, 0.05) is 13.5 Å². The van der Waals surface area contributed by atoms with E-state index in [4.69, 9.17) is 4.74 Å². The lowest BCUT2D eigenvalue weighted by Crippen LogP contribution is -2.45. The number of benzene rings is 1. The molecule has 4 heteroatoms. The van der Waals surface area contributed by atoms with Gasteiger partial charge in [-0.2, -0.15) is 0 Å². The first-order chi connectivity index (χ1) is 9.20. The van der Waals surface area contributed by atoms with E-state index in [1.54, 1.807) is 27.8 Å². The Kier molecular flexibility index (Phi) is 5.31. The third-order valence-corrected chi connectivity index (χ3v) is 2.89. The number of amides is 1. The van der Waals surface area contributed by atoms with Crippen LogP contribution < -0.4 is 0 Å². The van der Waals surface area contributed by atoms with Gasteiger partial charge < -0.3 is 9.64 Å². The number of ether oxygens (including phenoxy) is 1. The zero-order valence-corrected chi connectivity index (χ0v) is 12.8. The molecule has 0 aromatic heterocycles. The largest absolute Gasteiger partial charge is 0.444 e. The molecule has 0 aliphatic rings. The number of carbonyl (C=O) groups is 2. The molecule has 0 heterocycles. The zero-order valence-electron chi connectivity index (χ0n) is 12.8. The van der Waals surface area contributed by atoms with Crippen LogP contribution in [0.2, 0.25) is 0 Å². The first-order valence-electron chi connectivity index (χ1n) is 6.71. The van der Waals surface area contributed by atoms with Gasteiger partial charge in [-0.25, -0.2) is 4.79 Å². The first-order valence-corrected chi connectivity index (χ1v) is 6.71. The summed E-state index contributed by atoms with van der Waals surface area (Å²) in [6.45, 7) is 6.91. The summed E-state index contributed by atoms with van der Waals surface area (Å²) in [6.07, 6.45) is 0.0139. The third-order valence-electron chi connectivity index (χ3n) is 2.89. The summed E-state index contributed by atoms with van der Waals surface area (Å²) < 4.78 is 5.30. The first kappa shape index (κ1) is 16.2. The average molecular weight is 277 g/mol. The van der Waals surface area contributed by atoms with Crippen molar-refractivity contribution in [1.29, 1.82) is 0 Å². The minimum atomic E-state index is -0.570. The predicted octanol–water partition coefficient (Wildman–Crippen LogP) is 3.05.